The Morgan fingerprint density at radius 2 is 2.29 bits per heavy atom. The van der Waals surface area contributed by atoms with E-state index in [-0.39, 0.29) is 5.69 Å². The van der Waals surface area contributed by atoms with E-state index in [0.29, 0.717) is 41.4 Å². The molecule has 1 heterocycles. The summed E-state index contributed by atoms with van der Waals surface area (Å²) in [5, 5.41) is 14.0. The number of ether oxygens (including phenoxy) is 1. The summed E-state index contributed by atoms with van der Waals surface area (Å²) >= 11 is 3.25. The van der Waals surface area contributed by atoms with Crippen LogP contribution in [0.1, 0.15) is 5.89 Å². The van der Waals surface area contributed by atoms with E-state index in [0.717, 1.165) is 0 Å². The highest BCUT2D eigenvalue weighted by Gasteiger charge is 2.13. The Morgan fingerprint density at radius 1 is 1.48 bits per heavy atom. The van der Waals surface area contributed by atoms with E-state index in [1.54, 1.807) is 19.4 Å². The number of nitro groups is 1. The molecule has 0 fully saturated rings. The van der Waals surface area contributed by atoms with Crippen LogP contribution in [-0.4, -0.2) is 30.2 Å². The van der Waals surface area contributed by atoms with Gasteiger partial charge in [0, 0.05) is 35.8 Å². The van der Waals surface area contributed by atoms with E-state index >= 15 is 0 Å². The van der Waals surface area contributed by atoms with Crippen molar-refractivity contribution in [2.24, 2.45) is 0 Å². The predicted octanol–water partition coefficient (Wildman–Crippen LogP) is 2.75. The van der Waals surface area contributed by atoms with Gasteiger partial charge in [0.05, 0.1) is 24.3 Å². The van der Waals surface area contributed by atoms with E-state index in [9.17, 15) is 10.1 Å². The number of methoxy groups -OCH3 is 1. The van der Waals surface area contributed by atoms with Crippen LogP contribution in [0, 0.1) is 10.1 Å². The first-order chi connectivity index (χ1) is 10.1. The van der Waals surface area contributed by atoms with Crippen LogP contribution in [0.3, 0.4) is 0 Å². The van der Waals surface area contributed by atoms with Crippen molar-refractivity contribution in [3.8, 4) is 11.3 Å². The fourth-order valence-electron chi connectivity index (χ4n) is 1.72. The van der Waals surface area contributed by atoms with Crippen molar-refractivity contribution in [3.05, 3.63) is 44.9 Å². The highest BCUT2D eigenvalue weighted by atomic mass is 79.9. The Labute approximate surface area is 129 Å². The third-order valence-corrected chi connectivity index (χ3v) is 3.15. The van der Waals surface area contributed by atoms with Crippen LogP contribution in [0.15, 0.2) is 33.3 Å². The zero-order valence-electron chi connectivity index (χ0n) is 11.3. The number of nitro benzene ring substituents is 1. The van der Waals surface area contributed by atoms with Crippen molar-refractivity contribution in [2.75, 3.05) is 20.3 Å². The van der Waals surface area contributed by atoms with Crippen LogP contribution in [0.25, 0.3) is 11.3 Å². The minimum Gasteiger partial charge on any atom is -0.439 e. The molecule has 112 valence electrons. The molecule has 0 spiro atoms. The average molecular weight is 356 g/mol. The highest BCUT2D eigenvalue weighted by Crippen LogP contribution is 2.29. The number of benzene rings is 1. The number of nitrogens with one attached hydrogen (secondary N) is 1. The lowest BCUT2D eigenvalue weighted by Crippen LogP contribution is -2.18. The van der Waals surface area contributed by atoms with E-state index in [1.165, 1.54) is 12.1 Å². The lowest BCUT2D eigenvalue weighted by Gasteiger charge is -2.01. The molecule has 1 N–H and O–H groups in total. The van der Waals surface area contributed by atoms with Gasteiger partial charge in [0.25, 0.3) is 5.69 Å². The van der Waals surface area contributed by atoms with Gasteiger partial charge < -0.3 is 14.5 Å². The Morgan fingerprint density at radius 3 is 3.00 bits per heavy atom. The van der Waals surface area contributed by atoms with Gasteiger partial charge in [-0.05, 0) is 6.07 Å². The molecule has 0 aliphatic carbocycles. The first-order valence-corrected chi connectivity index (χ1v) is 6.99. The van der Waals surface area contributed by atoms with Crippen LogP contribution in [0.5, 0.6) is 0 Å². The summed E-state index contributed by atoms with van der Waals surface area (Å²) in [6.07, 6.45) is 1.55. The molecule has 0 atom stereocenters. The molecule has 0 saturated carbocycles. The maximum Gasteiger partial charge on any atom is 0.271 e. The van der Waals surface area contributed by atoms with Gasteiger partial charge in [0.2, 0.25) is 5.89 Å². The summed E-state index contributed by atoms with van der Waals surface area (Å²) in [6.45, 7) is 1.77. The first kappa shape index (κ1) is 15.6. The fourth-order valence-corrected chi connectivity index (χ4v) is 2.20. The Hall–Kier alpha value is -1.77. The Kier molecular flexibility index (Phi) is 5.43. The molecule has 0 radical (unpaired) electrons. The molecule has 1 aromatic heterocycles. The van der Waals surface area contributed by atoms with E-state index in [4.69, 9.17) is 9.15 Å². The monoisotopic (exact) mass is 355 g/mol. The molecular formula is C13H14BrN3O4. The Bertz CT molecular complexity index is 630. The molecule has 21 heavy (non-hydrogen) atoms. The molecular weight excluding hydrogens is 342 g/mol. The minimum atomic E-state index is -0.447. The van der Waals surface area contributed by atoms with Gasteiger partial charge in [0.15, 0.2) is 5.76 Å². The molecule has 0 amide bonds. The number of non-ortho nitro benzene ring substituents is 1. The van der Waals surface area contributed by atoms with Crippen molar-refractivity contribution in [2.45, 2.75) is 6.54 Å². The smallest absolute Gasteiger partial charge is 0.271 e. The van der Waals surface area contributed by atoms with Crippen LogP contribution in [0.4, 0.5) is 5.69 Å². The second-order valence-electron chi connectivity index (χ2n) is 4.24. The number of nitrogens with zero attached hydrogens (tertiary/aromatic N) is 2. The molecule has 0 saturated heterocycles. The summed E-state index contributed by atoms with van der Waals surface area (Å²) in [5.74, 6) is 1.01. The first-order valence-electron chi connectivity index (χ1n) is 6.20. The van der Waals surface area contributed by atoms with Crippen molar-refractivity contribution in [1.82, 2.24) is 10.3 Å². The number of hydrogen-bond acceptors (Lipinski definition) is 6. The molecule has 8 heteroatoms. The highest BCUT2D eigenvalue weighted by molar-refractivity contribution is 9.10. The third-order valence-electron chi connectivity index (χ3n) is 2.69. The zero-order chi connectivity index (χ0) is 15.2. The van der Waals surface area contributed by atoms with E-state index in [1.807, 2.05) is 0 Å². The average Bonchev–Trinajstić information content (AvgIpc) is 2.92. The lowest BCUT2D eigenvalue weighted by atomic mass is 10.1. The van der Waals surface area contributed by atoms with Gasteiger partial charge in [-0.25, -0.2) is 4.98 Å². The van der Waals surface area contributed by atoms with E-state index in [2.05, 4.69) is 26.2 Å². The number of halogens is 1. The second kappa shape index (κ2) is 7.30. The van der Waals surface area contributed by atoms with Crippen LogP contribution in [0.2, 0.25) is 0 Å². The van der Waals surface area contributed by atoms with Gasteiger partial charge in [0.1, 0.15) is 0 Å². The van der Waals surface area contributed by atoms with Crippen LogP contribution in [-0.2, 0) is 11.3 Å². The second-order valence-corrected chi connectivity index (χ2v) is 5.16. The normalized spacial score (nSPS) is 10.8. The Balaban J connectivity index is 2.12. The van der Waals surface area contributed by atoms with Crippen molar-refractivity contribution < 1.29 is 14.1 Å². The molecule has 7 nitrogen and oxygen atoms in total. The minimum absolute atomic E-state index is 0.00413. The number of aromatic nitrogens is 1. The summed E-state index contributed by atoms with van der Waals surface area (Å²) in [7, 11) is 1.63. The van der Waals surface area contributed by atoms with Gasteiger partial charge >= 0.3 is 0 Å². The third kappa shape index (κ3) is 4.35. The predicted molar refractivity (Wildman–Crippen MR) is 79.9 cm³/mol. The molecule has 0 unspecified atom stereocenters. The van der Waals surface area contributed by atoms with Gasteiger partial charge in [-0.15, -0.1) is 0 Å². The molecule has 1 aromatic carbocycles. The molecule has 0 aliphatic rings. The number of rotatable bonds is 7. The topological polar surface area (TPSA) is 90.4 Å². The van der Waals surface area contributed by atoms with Gasteiger partial charge in [-0.1, -0.05) is 15.9 Å². The summed E-state index contributed by atoms with van der Waals surface area (Å²) in [4.78, 5) is 14.6. The van der Waals surface area contributed by atoms with Crippen molar-refractivity contribution in [1.29, 1.82) is 0 Å². The lowest BCUT2D eigenvalue weighted by molar-refractivity contribution is -0.384. The van der Waals surface area contributed by atoms with Crippen molar-refractivity contribution in [3.63, 3.8) is 0 Å². The van der Waals surface area contributed by atoms with Crippen molar-refractivity contribution >= 4 is 21.6 Å². The quantitative estimate of drug-likeness (QED) is 0.466. The SMILES string of the molecule is COCCNCc1ncc(-c2cc(Br)cc([N+](=O)[O-])c2)o1. The van der Waals surface area contributed by atoms with Crippen LogP contribution >= 0.6 is 15.9 Å². The molecule has 2 rings (SSSR count). The standard InChI is InChI=1S/C13H14BrN3O4/c1-20-3-2-15-8-13-16-7-12(21-13)9-4-10(14)6-11(5-9)17(18)19/h4-7,15H,2-3,8H2,1H3. The fraction of sp³-hybridized carbons (Fsp3) is 0.308. The zero-order valence-corrected chi connectivity index (χ0v) is 12.9. The van der Waals surface area contributed by atoms with Gasteiger partial charge in [-0.3, -0.25) is 10.1 Å². The molecule has 0 bridgehead atoms. The summed E-state index contributed by atoms with van der Waals surface area (Å²) in [5.41, 5.74) is 0.599. The number of hydrogen-bond donors (Lipinski definition) is 1. The van der Waals surface area contributed by atoms with Gasteiger partial charge in [-0.2, -0.15) is 0 Å². The summed E-state index contributed by atoms with van der Waals surface area (Å²) < 4.78 is 11.1. The maximum atomic E-state index is 10.9. The largest absolute Gasteiger partial charge is 0.439 e. The maximum absolute atomic E-state index is 10.9. The van der Waals surface area contributed by atoms with Crippen LogP contribution < -0.4 is 5.32 Å². The molecule has 2 aromatic rings. The number of oxazole rings is 1. The van der Waals surface area contributed by atoms with E-state index < -0.39 is 4.92 Å². The molecule has 0 aliphatic heterocycles. The summed E-state index contributed by atoms with van der Waals surface area (Å²) in [6, 6.07) is 4.64.